The third kappa shape index (κ3) is 6.51. The van der Waals surface area contributed by atoms with Crippen LogP contribution in [-0.2, 0) is 4.79 Å². The highest BCUT2D eigenvalue weighted by Crippen LogP contribution is 2.21. The van der Waals surface area contributed by atoms with Gasteiger partial charge in [0.15, 0.2) is 6.61 Å². The third-order valence-corrected chi connectivity index (χ3v) is 5.55. The van der Waals surface area contributed by atoms with Crippen LogP contribution < -0.4 is 15.4 Å². The Morgan fingerprint density at radius 1 is 1.03 bits per heavy atom. The molecular formula is C24H31N3O3. The van der Waals surface area contributed by atoms with E-state index in [1.54, 1.807) is 0 Å². The molecule has 6 nitrogen and oxygen atoms in total. The van der Waals surface area contributed by atoms with Crippen molar-refractivity contribution in [3.05, 3.63) is 59.7 Å². The van der Waals surface area contributed by atoms with Crippen LogP contribution >= 0.6 is 0 Å². The number of carbonyl (C=O) groups excluding carboxylic acids is 2. The molecule has 0 saturated carbocycles. The Morgan fingerprint density at radius 2 is 1.73 bits per heavy atom. The Hall–Kier alpha value is -3.02. The van der Waals surface area contributed by atoms with Crippen molar-refractivity contribution in [1.82, 2.24) is 10.2 Å². The lowest BCUT2D eigenvalue weighted by atomic mass is 9.94. The molecule has 160 valence electrons. The molecule has 1 aliphatic rings. The summed E-state index contributed by atoms with van der Waals surface area (Å²) in [7, 11) is 0. The van der Waals surface area contributed by atoms with Crippen molar-refractivity contribution in [3.63, 3.8) is 0 Å². The van der Waals surface area contributed by atoms with E-state index >= 15 is 0 Å². The van der Waals surface area contributed by atoms with Crippen molar-refractivity contribution in [2.24, 2.45) is 5.92 Å². The van der Waals surface area contributed by atoms with Gasteiger partial charge in [0.1, 0.15) is 5.75 Å². The Morgan fingerprint density at radius 3 is 2.43 bits per heavy atom. The minimum Gasteiger partial charge on any atom is -0.484 e. The quantitative estimate of drug-likeness (QED) is 0.722. The van der Waals surface area contributed by atoms with Gasteiger partial charge >= 0.3 is 6.03 Å². The molecule has 2 N–H and O–H groups in total. The molecule has 0 aromatic heterocycles. The molecule has 1 aliphatic heterocycles. The number of para-hydroxylation sites is 1. The molecule has 0 spiro atoms. The number of piperidine rings is 1. The van der Waals surface area contributed by atoms with Gasteiger partial charge in [-0.05, 0) is 62.8 Å². The Balaban J connectivity index is 1.31. The van der Waals surface area contributed by atoms with Crippen molar-refractivity contribution < 1.29 is 14.3 Å². The van der Waals surface area contributed by atoms with Crippen molar-refractivity contribution in [2.45, 2.75) is 33.1 Å². The van der Waals surface area contributed by atoms with E-state index in [1.807, 2.05) is 67.3 Å². The highest BCUT2D eigenvalue weighted by Gasteiger charge is 2.23. The van der Waals surface area contributed by atoms with Gasteiger partial charge in [-0.25, -0.2) is 4.79 Å². The summed E-state index contributed by atoms with van der Waals surface area (Å²) >= 11 is 0. The molecule has 2 aromatic rings. The number of amides is 3. The molecule has 1 saturated heterocycles. The lowest BCUT2D eigenvalue weighted by molar-refractivity contribution is -0.123. The van der Waals surface area contributed by atoms with Gasteiger partial charge in [0, 0.05) is 25.3 Å². The molecule has 3 amide bonds. The number of rotatable bonds is 7. The van der Waals surface area contributed by atoms with Crippen LogP contribution in [0.1, 0.15) is 30.4 Å². The van der Waals surface area contributed by atoms with Crippen LogP contribution in [-0.4, -0.2) is 43.1 Å². The summed E-state index contributed by atoms with van der Waals surface area (Å²) in [4.78, 5) is 26.3. The van der Waals surface area contributed by atoms with Gasteiger partial charge in [-0.3, -0.25) is 4.79 Å². The largest absolute Gasteiger partial charge is 0.484 e. The van der Waals surface area contributed by atoms with Crippen LogP contribution in [0.15, 0.2) is 48.5 Å². The van der Waals surface area contributed by atoms with E-state index in [0.29, 0.717) is 18.2 Å². The molecule has 0 aliphatic carbocycles. The maximum absolute atomic E-state index is 12.5. The molecule has 0 radical (unpaired) electrons. The summed E-state index contributed by atoms with van der Waals surface area (Å²) in [6.45, 7) is 6.15. The number of hydrogen-bond donors (Lipinski definition) is 2. The first kappa shape index (κ1) is 21.7. The summed E-state index contributed by atoms with van der Waals surface area (Å²) in [6.07, 6.45) is 2.83. The van der Waals surface area contributed by atoms with E-state index in [2.05, 4.69) is 10.6 Å². The fraction of sp³-hybridized carbons (Fsp3) is 0.417. The average molecular weight is 410 g/mol. The summed E-state index contributed by atoms with van der Waals surface area (Å²) in [5.74, 6) is 1.11. The average Bonchev–Trinajstić information content (AvgIpc) is 2.75. The van der Waals surface area contributed by atoms with Crippen molar-refractivity contribution >= 4 is 17.6 Å². The van der Waals surface area contributed by atoms with Crippen molar-refractivity contribution in [1.29, 1.82) is 0 Å². The number of benzene rings is 2. The predicted octanol–water partition coefficient (Wildman–Crippen LogP) is 4.13. The summed E-state index contributed by atoms with van der Waals surface area (Å²) in [5, 5.41) is 5.93. The second kappa shape index (κ2) is 10.7. The van der Waals surface area contributed by atoms with Gasteiger partial charge in [0.2, 0.25) is 0 Å². The molecule has 1 heterocycles. The first-order valence-electron chi connectivity index (χ1n) is 10.6. The number of nitrogens with one attached hydrogen (secondary N) is 2. The van der Waals surface area contributed by atoms with E-state index < -0.39 is 0 Å². The first-order valence-corrected chi connectivity index (χ1v) is 10.6. The first-order chi connectivity index (χ1) is 14.5. The molecule has 1 fully saturated rings. The third-order valence-electron chi connectivity index (χ3n) is 5.55. The number of ether oxygens (including phenoxy) is 1. The number of hydrogen-bond acceptors (Lipinski definition) is 3. The number of nitrogens with zero attached hydrogens (tertiary/aromatic N) is 1. The Bertz CT molecular complexity index is 843. The fourth-order valence-corrected chi connectivity index (χ4v) is 3.58. The second-order valence-corrected chi connectivity index (χ2v) is 7.92. The zero-order valence-corrected chi connectivity index (χ0v) is 17.8. The smallest absolute Gasteiger partial charge is 0.321 e. The topological polar surface area (TPSA) is 70.7 Å². The molecule has 6 heteroatoms. The standard InChI is InChI=1S/C24H31N3O3/c1-18-7-9-21(10-8-18)30-17-23(28)25-14-11-20-12-15-27(16-13-20)24(29)26-22-6-4-3-5-19(22)2/h3-10,20H,11-17H2,1-2H3,(H,25,28)(H,26,29). The van der Waals surface area contributed by atoms with E-state index in [1.165, 1.54) is 0 Å². The summed E-state index contributed by atoms with van der Waals surface area (Å²) < 4.78 is 5.50. The van der Waals surface area contributed by atoms with Crippen LogP contribution in [0.25, 0.3) is 0 Å². The zero-order chi connectivity index (χ0) is 21.3. The molecule has 30 heavy (non-hydrogen) atoms. The van der Waals surface area contributed by atoms with E-state index in [0.717, 1.165) is 49.2 Å². The number of aryl methyl sites for hydroxylation is 2. The number of anilines is 1. The highest BCUT2D eigenvalue weighted by molar-refractivity contribution is 5.90. The molecule has 3 rings (SSSR count). The van der Waals surface area contributed by atoms with Crippen molar-refractivity contribution in [3.8, 4) is 5.75 Å². The Labute approximate surface area is 178 Å². The van der Waals surface area contributed by atoms with Gasteiger partial charge in [-0.15, -0.1) is 0 Å². The minimum absolute atomic E-state index is 0.0284. The van der Waals surface area contributed by atoms with E-state index in [9.17, 15) is 9.59 Å². The number of urea groups is 1. The highest BCUT2D eigenvalue weighted by atomic mass is 16.5. The van der Waals surface area contributed by atoms with Crippen LogP contribution in [0.2, 0.25) is 0 Å². The molecule has 0 atom stereocenters. The lowest BCUT2D eigenvalue weighted by Gasteiger charge is -2.32. The van der Waals surface area contributed by atoms with Gasteiger partial charge in [0.25, 0.3) is 5.91 Å². The molecule has 0 unspecified atom stereocenters. The maximum Gasteiger partial charge on any atom is 0.321 e. The predicted molar refractivity (Wildman–Crippen MR) is 119 cm³/mol. The summed E-state index contributed by atoms with van der Waals surface area (Å²) in [5.41, 5.74) is 3.08. The van der Waals surface area contributed by atoms with Crippen LogP contribution in [0, 0.1) is 19.8 Å². The minimum atomic E-state index is -0.106. The lowest BCUT2D eigenvalue weighted by Crippen LogP contribution is -2.41. The van der Waals surface area contributed by atoms with E-state index in [4.69, 9.17) is 4.74 Å². The van der Waals surface area contributed by atoms with Crippen LogP contribution in [0.5, 0.6) is 5.75 Å². The monoisotopic (exact) mass is 409 g/mol. The van der Waals surface area contributed by atoms with Crippen LogP contribution in [0.4, 0.5) is 10.5 Å². The van der Waals surface area contributed by atoms with Crippen molar-refractivity contribution in [2.75, 3.05) is 31.6 Å². The van der Waals surface area contributed by atoms with Gasteiger partial charge in [-0.1, -0.05) is 35.9 Å². The van der Waals surface area contributed by atoms with Gasteiger partial charge < -0.3 is 20.3 Å². The fourth-order valence-electron chi connectivity index (χ4n) is 3.58. The SMILES string of the molecule is Cc1ccc(OCC(=O)NCCC2CCN(C(=O)Nc3ccccc3C)CC2)cc1. The molecule has 0 bridgehead atoms. The van der Waals surface area contributed by atoms with Gasteiger partial charge in [-0.2, -0.15) is 0 Å². The van der Waals surface area contributed by atoms with E-state index in [-0.39, 0.29) is 18.5 Å². The summed E-state index contributed by atoms with van der Waals surface area (Å²) in [6, 6.07) is 15.4. The zero-order valence-electron chi connectivity index (χ0n) is 17.8. The maximum atomic E-state index is 12.5. The molecular weight excluding hydrogens is 378 g/mol. The van der Waals surface area contributed by atoms with Crippen LogP contribution in [0.3, 0.4) is 0 Å². The molecule has 2 aromatic carbocycles. The van der Waals surface area contributed by atoms with Gasteiger partial charge in [0.05, 0.1) is 0 Å². The normalized spacial score (nSPS) is 14.3. The number of likely N-dealkylation sites (tertiary alicyclic amines) is 1. The number of carbonyl (C=O) groups is 2. The Kier molecular flexibility index (Phi) is 7.71. The second-order valence-electron chi connectivity index (χ2n) is 7.92.